The van der Waals surface area contributed by atoms with Gasteiger partial charge in [0.2, 0.25) is 11.7 Å². The maximum Gasteiger partial charge on any atom is 0.230 e. The van der Waals surface area contributed by atoms with E-state index in [1.54, 1.807) is 0 Å². The van der Waals surface area contributed by atoms with Gasteiger partial charge in [0, 0.05) is 24.1 Å². The van der Waals surface area contributed by atoms with Crippen LogP contribution in [-0.4, -0.2) is 22.8 Å². The molecular weight excluding hydrogens is 278 g/mol. The van der Waals surface area contributed by atoms with Gasteiger partial charge in [-0.3, -0.25) is 0 Å². The van der Waals surface area contributed by atoms with Gasteiger partial charge in [-0.15, -0.1) is 0 Å². The standard InChI is InChI=1S/C17H21N3O2/c1-2-21-9-10-3-5-11(6-4-10)16-19-17(22-20-16)14-8-15(18)13-7-12(13)14/h3-6,12-15H,2,7-9,18H2,1H3/t12-,13+,14-,15+/m1/s1. The van der Waals surface area contributed by atoms with E-state index in [9.17, 15) is 0 Å². The highest BCUT2D eigenvalue weighted by Gasteiger charge is 2.55. The van der Waals surface area contributed by atoms with Crippen LogP contribution in [0.2, 0.25) is 0 Å². The van der Waals surface area contributed by atoms with Gasteiger partial charge in [0.05, 0.1) is 6.61 Å². The second kappa shape index (κ2) is 5.48. The van der Waals surface area contributed by atoms with E-state index in [4.69, 9.17) is 15.0 Å². The number of hydrogen-bond donors (Lipinski definition) is 1. The first-order chi connectivity index (χ1) is 10.8. The zero-order valence-corrected chi connectivity index (χ0v) is 12.7. The van der Waals surface area contributed by atoms with Crippen molar-refractivity contribution in [3.05, 3.63) is 35.7 Å². The van der Waals surface area contributed by atoms with E-state index in [0.29, 0.717) is 36.2 Å². The maximum absolute atomic E-state index is 6.12. The summed E-state index contributed by atoms with van der Waals surface area (Å²) in [5, 5.41) is 4.14. The minimum absolute atomic E-state index is 0.309. The van der Waals surface area contributed by atoms with Crippen LogP contribution < -0.4 is 5.73 Å². The summed E-state index contributed by atoms with van der Waals surface area (Å²) in [5.41, 5.74) is 8.25. The second-order valence-corrected chi connectivity index (χ2v) is 6.36. The van der Waals surface area contributed by atoms with Crippen LogP contribution in [0, 0.1) is 11.8 Å². The number of nitrogens with zero attached hydrogens (tertiary/aromatic N) is 2. The molecule has 0 saturated heterocycles. The number of aromatic nitrogens is 2. The molecule has 116 valence electrons. The minimum Gasteiger partial charge on any atom is -0.377 e. The summed E-state index contributed by atoms with van der Waals surface area (Å²) in [6, 6.07) is 8.43. The summed E-state index contributed by atoms with van der Waals surface area (Å²) in [4.78, 5) is 4.60. The largest absolute Gasteiger partial charge is 0.377 e. The Morgan fingerprint density at radius 1 is 1.23 bits per heavy atom. The first kappa shape index (κ1) is 13.9. The zero-order valence-electron chi connectivity index (χ0n) is 12.7. The fraction of sp³-hybridized carbons (Fsp3) is 0.529. The lowest BCUT2D eigenvalue weighted by molar-refractivity contribution is 0.134. The smallest absolute Gasteiger partial charge is 0.230 e. The van der Waals surface area contributed by atoms with Crippen molar-refractivity contribution in [1.82, 2.24) is 10.1 Å². The van der Waals surface area contributed by atoms with Gasteiger partial charge in [-0.25, -0.2) is 0 Å². The van der Waals surface area contributed by atoms with Crippen molar-refractivity contribution in [3.8, 4) is 11.4 Å². The van der Waals surface area contributed by atoms with Crippen LogP contribution in [-0.2, 0) is 11.3 Å². The van der Waals surface area contributed by atoms with Gasteiger partial charge in [-0.2, -0.15) is 4.98 Å². The molecule has 2 N–H and O–H groups in total. The van der Waals surface area contributed by atoms with E-state index >= 15 is 0 Å². The molecule has 2 aliphatic carbocycles. The maximum atomic E-state index is 6.12. The summed E-state index contributed by atoms with van der Waals surface area (Å²) in [6.45, 7) is 3.35. The Morgan fingerprint density at radius 3 is 2.68 bits per heavy atom. The van der Waals surface area contributed by atoms with Gasteiger partial charge in [-0.1, -0.05) is 29.4 Å². The normalized spacial score (nSPS) is 29.5. The molecule has 4 rings (SSSR count). The van der Waals surface area contributed by atoms with E-state index in [1.165, 1.54) is 6.42 Å². The van der Waals surface area contributed by atoms with Gasteiger partial charge in [0.15, 0.2) is 0 Å². The highest BCUT2D eigenvalue weighted by Crippen LogP contribution is 2.58. The molecule has 0 spiro atoms. The number of ether oxygens (including phenoxy) is 1. The van der Waals surface area contributed by atoms with Gasteiger partial charge < -0.3 is 15.0 Å². The summed E-state index contributed by atoms with van der Waals surface area (Å²) in [7, 11) is 0. The van der Waals surface area contributed by atoms with E-state index < -0.39 is 0 Å². The van der Waals surface area contributed by atoms with Crippen LogP contribution in [0.4, 0.5) is 0 Å². The Bertz CT molecular complexity index is 652. The third kappa shape index (κ3) is 2.44. The summed E-state index contributed by atoms with van der Waals surface area (Å²) in [5.74, 6) is 3.12. The third-order valence-corrected chi connectivity index (χ3v) is 4.93. The molecule has 1 aromatic heterocycles. The second-order valence-electron chi connectivity index (χ2n) is 6.36. The Kier molecular flexibility index (Phi) is 3.47. The first-order valence-corrected chi connectivity index (χ1v) is 8.02. The lowest BCUT2D eigenvalue weighted by Gasteiger charge is -2.07. The highest BCUT2D eigenvalue weighted by atomic mass is 16.5. The molecule has 0 bridgehead atoms. The quantitative estimate of drug-likeness (QED) is 0.919. The van der Waals surface area contributed by atoms with E-state index in [0.717, 1.165) is 30.0 Å². The number of nitrogens with two attached hydrogens (primary N) is 1. The van der Waals surface area contributed by atoms with Crippen molar-refractivity contribution >= 4 is 0 Å². The molecule has 22 heavy (non-hydrogen) atoms. The fourth-order valence-electron chi connectivity index (χ4n) is 3.59. The average molecular weight is 299 g/mol. The lowest BCUT2D eigenvalue weighted by atomic mass is 10.0. The van der Waals surface area contributed by atoms with Crippen LogP contribution in [0.5, 0.6) is 0 Å². The van der Waals surface area contributed by atoms with Crippen molar-refractivity contribution in [2.45, 2.75) is 38.3 Å². The van der Waals surface area contributed by atoms with Gasteiger partial charge in [-0.05, 0) is 37.2 Å². The molecule has 2 aromatic rings. The highest BCUT2D eigenvalue weighted by molar-refractivity contribution is 5.54. The minimum atomic E-state index is 0.309. The van der Waals surface area contributed by atoms with Crippen LogP contribution in [0.3, 0.4) is 0 Å². The number of hydrogen-bond acceptors (Lipinski definition) is 5. The summed E-state index contributed by atoms with van der Waals surface area (Å²) >= 11 is 0. The van der Waals surface area contributed by atoms with E-state index in [2.05, 4.69) is 10.1 Å². The third-order valence-electron chi connectivity index (χ3n) is 4.93. The predicted octanol–water partition coefficient (Wildman–Crippen LogP) is 2.72. The van der Waals surface area contributed by atoms with E-state index in [-0.39, 0.29) is 0 Å². The Hall–Kier alpha value is -1.72. The number of fused-ring (bicyclic) bond motifs is 1. The molecule has 5 heteroatoms. The van der Waals surface area contributed by atoms with Gasteiger partial charge >= 0.3 is 0 Å². The van der Waals surface area contributed by atoms with Crippen molar-refractivity contribution in [1.29, 1.82) is 0 Å². The number of benzene rings is 1. The molecule has 0 aliphatic heterocycles. The Labute approximate surface area is 129 Å². The molecule has 2 fully saturated rings. The topological polar surface area (TPSA) is 74.2 Å². The van der Waals surface area contributed by atoms with Crippen LogP contribution in [0.1, 0.15) is 37.1 Å². The fourth-order valence-corrected chi connectivity index (χ4v) is 3.59. The molecular formula is C17H21N3O2. The van der Waals surface area contributed by atoms with Gasteiger partial charge in [0.25, 0.3) is 0 Å². The van der Waals surface area contributed by atoms with Crippen LogP contribution in [0.15, 0.2) is 28.8 Å². The average Bonchev–Trinajstić information content (AvgIpc) is 3.06. The first-order valence-electron chi connectivity index (χ1n) is 8.02. The molecule has 1 heterocycles. The van der Waals surface area contributed by atoms with Crippen molar-refractivity contribution in [3.63, 3.8) is 0 Å². The molecule has 4 atom stereocenters. The molecule has 2 aliphatic rings. The van der Waals surface area contributed by atoms with E-state index in [1.807, 2.05) is 31.2 Å². The number of rotatable bonds is 5. The SMILES string of the molecule is CCOCc1ccc(-c2noc([C@@H]3C[C@H](N)[C@H]4C[C@H]43)n2)cc1. The van der Waals surface area contributed by atoms with Crippen LogP contribution in [0.25, 0.3) is 11.4 Å². The van der Waals surface area contributed by atoms with Gasteiger partial charge in [0.1, 0.15) is 0 Å². The molecule has 5 nitrogen and oxygen atoms in total. The van der Waals surface area contributed by atoms with Crippen LogP contribution >= 0.6 is 0 Å². The molecule has 0 amide bonds. The molecule has 0 unspecified atom stereocenters. The van der Waals surface area contributed by atoms with Crippen molar-refractivity contribution in [2.75, 3.05) is 6.61 Å². The predicted molar refractivity (Wildman–Crippen MR) is 82.0 cm³/mol. The van der Waals surface area contributed by atoms with Crippen molar-refractivity contribution in [2.24, 2.45) is 17.6 Å². The lowest BCUT2D eigenvalue weighted by Crippen LogP contribution is -2.19. The molecule has 0 radical (unpaired) electrons. The summed E-state index contributed by atoms with van der Waals surface area (Å²) in [6.07, 6.45) is 2.19. The summed E-state index contributed by atoms with van der Waals surface area (Å²) < 4.78 is 10.9. The molecule has 2 saturated carbocycles. The Morgan fingerprint density at radius 2 is 2.05 bits per heavy atom. The van der Waals surface area contributed by atoms with Crippen molar-refractivity contribution < 1.29 is 9.26 Å². The Balaban J connectivity index is 1.49. The molecule has 1 aromatic carbocycles. The monoisotopic (exact) mass is 299 g/mol. The zero-order chi connectivity index (χ0) is 15.1.